The van der Waals surface area contributed by atoms with Gasteiger partial charge in [-0.2, -0.15) is 0 Å². The topological polar surface area (TPSA) is 72.2 Å². The number of hydrogen-bond donors (Lipinski definition) is 1. The zero-order valence-electron chi connectivity index (χ0n) is 7.37. The minimum Gasteiger partial charge on any atom is -0.320 e. The molecule has 1 aromatic rings. The van der Waals surface area contributed by atoms with Crippen molar-refractivity contribution in [1.29, 1.82) is 0 Å². The number of amides is 1. The Morgan fingerprint density at radius 3 is 2.80 bits per heavy atom. The van der Waals surface area contributed by atoms with Crippen molar-refractivity contribution in [3.8, 4) is 0 Å². The van der Waals surface area contributed by atoms with Crippen molar-refractivity contribution >= 4 is 44.8 Å². The Morgan fingerprint density at radius 1 is 1.60 bits per heavy atom. The van der Waals surface area contributed by atoms with E-state index in [0.29, 0.717) is 5.02 Å². The third kappa shape index (κ3) is 3.17. The van der Waals surface area contributed by atoms with Crippen molar-refractivity contribution in [2.45, 2.75) is 0 Å². The first-order valence-electron chi connectivity index (χ1n) is 3.84. The molecule has 0 saturated carbocycles. The van der Waals surface area contributed by atoms with E-state index in [2.05, 4.69) is 21.2 Å². The minimum absolute atomic E-state index is 0.0661. The van der Waals surface area contributed by atoms with Crippen LogP contribution in [-0.4, -0.2) is 16.2 Å². The predicted molar refractivity (Wildman–Crippen MR) is 60.5 cm³/mol. The fourth-order valence-electron chi connectivity index (χ4n) is 0.951. The van der Waals surface area contributed by atoms with E-state index < -0.39 is 4.92 Å². The number of halogens is 2. The van der Waals surface area contributed by atoms with Gasteiger partial charge < -0.3 is 5.32 Å². The smallest absolute Gasteiger partial charge is 0.292 e. The third-order valence-corrected chi connectivity index (χ3v) is 2.30. The van der Waals surface area contributed by atoms with E-state index in [1.807, 2.05) is 0 Å². The first kappa shape index (κ1) is 11.9. The van der Waals surface area contributed by atoms with Crippen molar-refractivity contribution in [3.63, 3.8) is 0 Å². The highest BCUT2D eigenvalue weighted by atomic mass is 79.9. The Hall–Kier alpha value is -1.14. The van der Waals surface area contributed by atoms with Gasteiger partial charge in [0.2, 0.25) is 5.91 Å². The average Bonchev–Trinajstić information content (AvgIpc) is 2.17. The SMILES string of the molecule is O=C(CBr)Nc1cc(Cl)ccc1[N+](=O)[O-]. The highest BCUT2D eigenvalue weighted by Gasteiger charge is 2.15. The van der Waals surface area contributed by atoms with E-state index in [1.54, 1.807) is 0 Å². The number of nitrogens with one attached hydrogen (secondary N) is 1. The van der Waals surface area contributed by atoms with Gasteiger partial charge in [0.15, 0.2) is 0 Å². The normalized spacial score (nSPS) is 9.73. The fraction of sp³-hybridized carbons (Fsp3) is 0.125. The Bertz CT molecular complexity index is 411. The second kappa shape index (κ2) is 5.09. The monoisotopic (exact) mass is 292 g/mol. The molecule has 15 heavy (non-hydrogen) atoms. The summed E-state index contributed by atoms with van der Waals surface area (Å²) in [5.41, 5.74) is -0.0920. The number of rotatable bonds is 3. The Kier molecular flexibility index (Phi) is 4.05. The lowest BCUT2D eigenvalue weighted by Gasteiger charge is -2.04. The van der Waals surface area contributed by atoms with Crippen molar-refractivity contribution in [2.24, 2.45) is 0 Å². The van der Waals surface area contributed by atoms with Crippen molar-refractivity contribution in [3.05, 3.63) is 33.3 Å². The molecule has 0 heterocycles. The molecule has 0 unspecified atom stereocenters. The van der Waals surface area contributed by atoms with Crippen LogP contribution in [0.1, 0.15) is 0 Å². The predicted octanol–water partition coefficient (Wildman–Crippen LogP) is 2.58. The van der Waals surface area contributed by atoms with Gasteiger partial charge in [-0.1, -0.05) is 27.5 Å². The standard InChI is InChI=1S/C8H6BrClN2O3/c9-4-8(13)11-6-3-5(10)1-2-7(6)12(14)15/h1-3H,4H2,(H,11,13). The van der Waals surface area contributed by atoms with E-state index >= 15 is 0 Å². The number of nitrogens with zero attached hydrogens (tertiary/aromatic N) is 1. The van der Waals surface area contributed by atoms with Crippen molar-refractivity contribution in [2.75, 3.05) is 10.6 Å². The summed E-state index contributed by atoms with van der Waals surface area (Å²) in [6, 6.07) is 3.97. The van der Waals surface area contributed by atoms with Crippen LogP contribution in [0.5, 0.6) is 0 Å². The van der Waals surface area contributed by atoms with E-state index in [-0.39, 0.29) is 22.6 Å². The summed E-state index contributed by atoms with van der Waals surface area (Å²) in [6.45, 7) is 0. The van der Waals surface area contributed by atoms with Crippen LogP contribution >= 0.6 is 27.5 Å². The van der Waals surface area contributed by atoms with E-state index in [0.717, 1.165) is 0 Å². The molecule has 0 spiro atoms. The molecule has 0 aliphatic heterocycles. The maximum atomic E-state index is 11.0. The molecule has 5 nitrogen and oxygen atoms in total. The van der Waals surface area contributed by atoms with Gasteiger partial charge in [0.05, 0.1) is 10.3 Å². The number of nitro benzene ring substituents is 1. The van der Waals surface area contributed by atoms with Gasteiger partial charge in [-0.3, -0.25) is 14.9 Å². The number of alkyl halides is 1. The molecule has 0 radical (unpaired) electrons. The average molecular weight is 294 g/mol. The van der Waals surface area contributed by atoms with Crippen LogP contribution < -0.4 is 5.32 Å². The maximum absolute atomic E-state index is 11.0. The van der Waals surface area contributed by atoms with Gasteiger partial charge in [0, 0.05) is 11.1 Å². The van der Waals surface area contributed by atoms with Gasteiger partial charge in [-0.25, -0.2) is 0 Å². The van der Waals surface area contributed by atoms with E-state index in [4.69, 9.17) is 11.6 Å². The second-order valence-corrected chi connectivity index (χ2v) is 3.60. The first-order valence-corrected chi connectivity index (χ1v) is 5.34. The Balaban J connectivity index is 3.07. The van der Waals surface area contributed by atoms with E-state index in [1.165, 1.54) is 18.2 Å². The van der Waals surface area contributed by atoms with Crippen LogP contribution in [-0.2, 0) is 4.79 Å². The summed E-state index contributed by atoms with van der Waals surface area (Å²) < 4.78 is 0. The number of benzene rings is 1. The molecule has 80 valence electrons. The third-order valence-electron chi connectivity index (χ3n) is 1.55. The number of carbonyl (C=O) groups excluding carboxylic acids is 1. The Morgan fingerprint density at radius 2 is 2.27 bits per heavy atom. The molecular weight excluding hydrogens is 287 g/mol. The van der Waals surface area contributed by atoms with Crippen LogP contribution in [0.15, 0.2) is 18.2 Å². The van der Waals surface area contributed by atoms with Crippen LogP contribution in [0.2, 0.25) is 5.02 Å². The molecular formula is C8H6BrClN2O3. The summed E-state index contributed by atoms with van der Waals surface area (Å²) in [6.07, 6.45) is 0. The van der Waals surface area contributed by atoms with Crippen molar-refractivity contribution < 1.29 is 9.72 Å². The molecule has 0 atom stereocenters. The quantitative estimate of drug-likeness (QED) is 0.529. The second-order valence-electron chi connectivity index (χ2n) is 2.60. The molecule has 0 aliphatic carbocycles. The van der Waals surface area contributed by atoms with Crippen molar-refractivity contribution in [1.82, 2.24) is 0 Å². The van der Waals surface area contributed by atoms with Gasteiger partial charge in [0.25, 0.3) is 5.69 Å². The molecule has 0 aromatic heterocycles. The lowest BCUT2D eigenvalue weighted by molar-refractivity contribution is -0.383. The lowest BCUT2D eigenvalue weighted by atomic mass is 10.2. The van der Waals surface area contributed by atoms with Gasteiger partial charge in [0.1, 0.15) is 5.69 Å². The zero-order valence-corrected chi connectivity index (χ0v) is 9.71. The number of hydrogen-bond acceptors (Lipinski definition) is 3. The summed E-state index contributed by atoms with van der Waals surface area (Å²) in [5.74, 6) is -0.375. The molecule has 1 N–H and O–H groups in total. The van der Waals surface area contributed by atoms with Crippen LogP contribution in [0.4, 0.5) is 11.4 Å². The highest BCUT2D eigenvalue weighted by molar-refractivity contribution is 9.09. The molecule has 0 bridgehead atoms. The lowest BCUT2D eigenvalue weighted by Crippen LogP contribution is -2.13. The summed E-state index contributed by atoms with van der Waals surface area (Å²) >= 11 is 8.60. The van der Waals surface area contributed by atoms with Crippen LogP contribution in [0.25, 0.3) is 0 Å². The number of nitro groups is 1. The van der Waals surface area contributed by atoms with Gasteiger partial charge in [-0.15, -0.1) is 0 Å². The molecule has 0 saturated heterocycles. The first-order chi connectivity index (χ1) is 7.04. The molecule has 0 aliphatic rings. The molecule has 0 fully saturated rings. The summed E-state index contributed by atoms with van der Waals surface area (Å²) in [5, 5.41) is 13.4. The molecule has 1 rings (SSSR count). The number of carbonyl (C=O) groups is 1. The number of anilines is 1. The largest absolute Gasteiger partial charge is 0.320 e. The minimum atomic E-state index is -0.583. The van der Waals surface area contributed by atoms with Crippen LogP contribution in [0, 0.1) is 10.1 Å². The molecule has 7 heteroatoms. The highest BCUT2D eigenvalue weighted by Crippen LogP contribution is 2.27. The van der Waals surface area contributed by atoms with Gasteiger partial charge >= 0.3 is 0 Å². The van der Waals surface area contributed by atoms with Crippen LogP contribution in [0.3, 0.4) is 0 Å². The van der Waals surface area contributed by atoms with Gasteiger partial charge in [-0.05, 0) is 12.1 Å². The fourth-order valence-corrected chi connectivity index (χ4v) is 1.26. The summed E-state index contributed by atoms with van der Waals surface area (Å²) in [7, 11) is 0. The zero-order chi connectivity index (χ0) is 11.4. The molecule has 1 aromatic carbocycles. The summed E-state index contributed by atoms with van der Waals surface area (Å²) in [4.78, 5) is 21.1. The molecule has 1 amide bonds. The van der Waals surface area contributed by atoms with E-state index in [9.17, 15) is 14.9 Å². The maximum Gasteiger partial charge on any atom is 0.292 e. The Labute approximate surface area is 98.7 Å².